The van der Waals surface area contributed by atoms with Crippen molar-refractivity contribution < 1.29 is 13.6 Å². The summed E-state index contributed by atoms with van der Waals surface area (Å²) in [6, 6.07) is 12.0. The van der Waals surface area contributed by atoms with Gasteiger partial charge in [0.2, 0.25) is 0 Å². The normalized spacial score (nSPS) is 10.4. The molecular weight excluding hydrogens is 316 g/mol. The maximum absolute atomic E-state index is 13.6. The second-order valence-electron chi connectivity index (χ2n) is 4.89. The van der Waals surface area contributed by atoms with Crippen LogP contribution in [0.25, 0.3) is 11.4 Å². The van der Waals surface area contributed by atoms with Gasteiger partial charge in [0.25, 0.3) is 11.5 Å². The Hall–Kier alpha value is -3.35. The van der Waals surface area contributed by atoms with Crippen LogP contribution in [0.2, 0.25) is 0 Å². The fourth-order valence-corrected chi connectivity index (χ4v) is 2.10. The highest BCUT2D eigenvalue weighted by Gasteiger charge is 2.17. The maximum Gasteiger partial charge on any atom is 0.264 e. The van der Waals surface area contributed by atoms with Crippen LogP contribution in [0.15, 0.2) is 59.5 Å². The second kappa shape index (κ2) is 6.41. The van der Waals surface area contributed by atoms with Crippen molar-refractivity contribution in [3.8, 4) is 11.4 Å². The first-order valence-electron chi connectivity index (χ1n) is 6.96. The molecule has 24 heavy (non-hydrogen) atoms. The molecule has 5 nitrogen and oxygen atoms in total. The lowest BCUT2D eigenvalue weighted by atomic mass is 10.2. The van der Waals surface area contributed by atoms with Crippen molar-refractivity contribution in [2.75, 3.05) is 5.32 Å². The number of hydrogen-bond acceptors (Lipinski definition) is 3. The molecule has 0 aliphatic rings. The van der Waals surface area contributed by atoms with E-state index >= 15 is 0 Å². The summed E-state index contributed by atoms with van der Waals surface area (Å²) in [6.45, 7) is 0. The number of nitrogens with zero attached hydrogens (tertiary/aromatic N) is 1. The first kappa shape index (κ1) is 15.5. The number of nitrogens with one attached hydrogen (secondary N) is 2. The van der Waals surface area contributed by atoms with Gasteiger partial charge in [-0.05, 0) is 12.1 Å². The molecule has 1 heterocycles. The van der Waals surface area contributed by atoms with Crippen molar-refractivity contribution in [1.82, 2.24) is 9.97 Å². The fourth-order valence-electron chi connectivity index (χ4n) is 2.10. The van der Waals surface area contributed by atoms with Gasteiger partial charge in [0.15, 0.2) is 0 Å². The average molecular weight is 327 g/mol. The number of rotatable bonds is 3. The molecule has 1 aromatic heterocycles. The minimum atomic E-state index is -0.952. The van der Waals surface area contributed by atoms with Crippen molar-refractivity contribution in [1.29, 1.82) is 0 Å². The van der Waals surface area contributed by atoms with Gasteiger partial charge in [0.05, 0.1) is 0 Å². The van der Waals surface area contributed by atoms with E-state index in [0.717, 1.165) is 18.3 Å². The van der Waals surface area contributed by atoms with Crippen molar-refractivity contribution in [3.05, 3.63) is 82.3 Å². The van der Waals surface area contributed by atoms with E-state index in [1.54, 1.807) is 24.3 Å². The minimum Gasteiger partial charge on any atom is -0.317 e. The summed E-state index contributed by atoms with van der Waals surface area (Å²) in [6.07, 6.45) is 1.06. The van der Waals surface area contributed by atoms with Gasteiger partial charge in [-0.25, -0.2) is 13.8 Å². The number of benzene rings is 2. The number of carbonyl (C=O) groups excluding carboxylic acids is 1. The molecule has 7 heteroatoms. The summed E-state index contributed by atoms with van der Waals surface area (Å²) in [5.41, 5.74) is -1.01. The molecule has 0 radical (unpaired) electrons. The predicted octanol–water partition coefficient (Wildman–Crippen LogP) is 2.97. The van der Waals surface area contributed by atoms with E-state index in [4.69, 9.17) is 0 Å². The largest absolute Gasteiger partial charge is 0.317 e. The van der Waals surface area contributed by atoms with Crippen LogP contribution in [0.4, 0.5) is 14.5 Å². The van der Waals surface area contributed by atoms with Crippen LogP contribution in [0.1, 0.15) is 10.4 Å². The summed E-state index contributed by atoms with van der Waals surface area (Å²) in [7, 11) is 0. The summed E-state index contributed by atoms with van der Waals surface area (Å²) < 4.78 is 27.1. The van der Waals surface area contributed by atoms with E-state index < -0.39 is 28.8 Å². The van der Waals surface area contributed by atoms with E-state index in [1.165, 1.54) is 6.07 Å². The molecule has 2 N–H and O–H groups in total. The molecule has 0 spiro atoms. The molecule has 0 unspecified atom stereocenters. The smallest absolute Gasteiger partial charge is 0.264 e. The first-order chi connectivity index (χ1) is 11.6. The van der Waals surface area contributed by atoms with Gasteiger partial charge in [-0.1, -0.05) is 36.4 Å². The third-order valence-corrected chi connectivity index (χ3v) is 3.29. The highest BCUT2D eigenvalue weighted by Crippen LogP contribution is 2.18. The van der Waals surface area contributed by atoms with E-state index in [2.05, 4.69) is 9.97 Å². The quantitative estimate of drug-likeness (QED) is 0.776. The molecular formula is C17H11F2N3O2. The van der Waals surface area contributed by atoms with Gasteiger partial charge in [-0.2, -0.15) is 0 Å². The summed E-state index contributed by atoms with van der Waals surface area (Å²) >= 11 is 0. The Balaban J connectivity index is 1.90. The second-order valence-corrected chi connectivity index (χ2v) is 4.89. The van der Waals surface area contributed by atoms with Crippen molar-refractivity contribution >= 4 is 11.6 Å². The Morgan fingerprint density at radius 3 is 2.29 bits per heavy atom. The third kappa shape index (κ3) is 3.05. The lowest BCUT2D eigenvalue weighted by Crippen LogP contribution is -2.24. The van der Waals surface area contributed by atoms with Gasteiger partial charge in [-0.15, -0.1) is 0 Å². The number of halogens is 2. The Morgan fingerprint density at radius 2 is 1.67 bits per heavy atom. The predicted molar refractivity (Wildman–Crippen MR) is 84.6 cm³/mol. The number of aromatic amines is 1. The maximum atomic E-state index is 13.6. The fraction of sp³-hybridized carbons (Fsp3) is 0. The van der Waals surface area contributed by atoms with Gasteiger partial charge < -0.3 is 10.3 Å². The molecule has 0 saturated carbocycles. The Kier molecular flexibility index (Phi) is 4.15. The average Bonchev–Trinajstić information content (AvgIpc) is 2.59. The van der Waals surface area contributed by atoms with E-state index in [1.807, 2.05) is 11.4 Å². The van der Waals surface area contributed by atoms with Gasteiger partial charge in [0, 0.05) is 11.8 Å². The molecule has 2 aromatic carbocycles. The number of H-pyrrole nitrogens is 1. The van der Waals surface area contributed by atoms with Gasteiger partial charge in [0.1, 0.15) is 28.7 Å². The Morgan fingerprint density at radius 1 is 1.00 bits per heavy atom. The molecule has 120 valence electrons. The van der Waals surface area contributed by atoms with Crippen molar-refractivity contribution in [3.63, 3.8) is 0 Å². The van der Waals surface area contributed by atoms with Crippen molar-refractivity contribution in [2.24, 2.45) is 0 Å². The van der Waals surface area contributed by atoms with Crippen LogP contribution in [0, 0.1) is 11.6 Å². The Labute approximate surface area is 135 Å². The molecule has 3 rings (SSSR count). The number of aromatic nitrogens is 2. The zero-order valence-electron chi connectivity index (χ0n) is 12.2. The SMILES string of the molecule is O=C(Nc1c(F)cccc1F)c1cnc(-c2ccccc2)[nH]c1=O. The van der Waals surface area contributed by atoms with Crippen LogP contribution in [0.5, 0.6) is 0 Å². The highest BCUT2D eigenvalue weighted by atomic mass is 19.1. The lowest BCUT2D eigenvalue weighted by molar-refractivity contribution is 0.102. The number of hydrogen-bond donors (Lipinski definition) is 2. The first-order valence-corrected chi connectivity index (χ1v) is 6.96. The highest BCUT2D eigenvalue weighted by molar-refractivity contribution is 6.04. The zero-order chi connectivity index (χ0) is 17.1. The molecule has 0 bridgehead atoms. The van der Waals surface area contributed by atoms with Gasteiger partial charge in [-0.3, -0.25) is 9.59 Å². The number of amides is 1. The lowest BCUT2D eigenvalue weighted by Gasteiger charge is -2.07. The molecule has 1 amide bonds. The zero-order valence-corrected chi connectivity index (χ0v) is 12.2. The summed E-state index contributed by atoms with van der Waals surface area (Å²) in [4.78, 5) is 30.6. The molecule has 0 aliphatic carbocycles. The minimum absolute atomic E-state index is 0.286. The molecule has 0 aliphatic heterocycles. The van der Waals surface area contributed by atoms with E-state index in [9.17, 15) is 18.4 Å². The van der Waals surface area contributed by atoms with Crippen LogP contribution >= 0.6 is 0 Å². The molecule has 0 fully saturated rings. The summed E-state index contributed by atoms with van der Waals surface area (Å²) in [5, 5.41) is 2.05. The van der Waals surface area contributed by atoms with E-state index in [0.29, 0.717) is 5.56 Å². The molecule has 0 atom stereocenters. The molecule has 3 aromatic rings. The molecule has 0 saturated heterocycles. The number of anilines is 1. The van der Waals surface area contributed by atoms with Crippen LogP contribution in [0.3, 0.4) is 0 Å². The van der Waals surface area contributed by atoms with E-state index in [-0.39, 0.29) is 11.4 Å². The number of carbonyl (C=O) groups is 1. The third-order valence-electron chi connectivity index (χ3n) is 3.29. The monoisotopic (exact) mass is 327 g/mol. The Bertz CT molecular complexity index is 935. The standard InChI is InChI=1S/C17H11F2N3O2/c18-12-7-4-8-13(19)14(12)21-16(23)11-9-20-15(22-17(11)24)10-5-2-1-3-6-10/h1-9H,(H,21,23)(H,20,22,24). The van der Waals surface area contributed by atoms with Gasteiger partial charge >= 0.3 is 0 Å². The summed E-state index contributed by atoms with van der Waals surface area (Å²) in [5.74, 6) is -2.54. The van der Waals surface area contributed by atoms with Crippen LogP contribution in [-0.2, 0) is 0 Å². The topological polar surface area (TPSA) is 74.8 Å². The van der Waals surface area contributed by atoms with Crippen LogP contribution in [-0.4, -0.2) is 15.9 Å². The van der Waals surface area contributed by atoms with Crippen molar-refractivity contribution in [2.45, 2.75) is 0 Å². The van der Waals surface area contributed by atoms with Crippen LogP contribution < -0.4 is 10.9 Å². The number of para-hydroxylation sites is 1.